The van der Waals surface area contributed by atoms with E-state index in [1.807, 2.05) is 11.3 Å². The number of nitrogens with one attached hydrogen (secondary N) is 1. The molecule has 0 aliphatic carbocycles. The second kappa shape index (κ2) is 6.21. The average Bonchev–Trinajstić information content (AvgIpc) is 3.02. The Labute approximate surface area is 124 Å². The summed E-state index contributed by atoms with van der Waals surface area (Å²) < 4.78 is 0. The van der Waals surface area contributed by atoms with Gasteiger partial charge < -0.3 is 5.32 Å². The molecule has 2 aromatic carbocycles. The molecule has 0 saturated heterocycles. The standard InChI is InChI=1S/C18H19NS/c1-2-17(18-8-5-11-20-18)19-13-14-9-10-15-6-3-4-7-16(15)12-14/h3-12,17,19H,2,13H2,1H3. The van der Waals surface area contributed by atoms with Gasteiger partial charge in [-0.25, -0.2) is 0 Å². The summed E-state index contributed by atoms with van der Waals surface area (Å²) in [5, 5.41) is 8.43. The summed E-state index contributed by atoms with van der Waals surface area (Å²) in [6, 6.07) is 20.0. The zero-order valence-corrected chi connectivity index (χ0v) is 12.5. The predicted octanol–water partition coefficient (Wildman–Crippen LogP) is 5.14. The van der Waals surface area contributed by atoms with E-state index in [2.05, 4.69) is 72.2 Å². The molecule has 20 heavy (non-hydrogen) atoms. The van der Waals surface area contributed by atoms with Gasteiger partial charge in [0, 0.05) is 17.5 Å². The maximum absolute atomic E-state index is 3.66. The van der Waals surface area contributed by atoms with E-state index in [0.29, 0.717) is 6.04 Å². The smallest absolute Gasteiger partial charge is 0.0414 e. The van der Waals surface area contributed by atoms with Crippen molar-refractivity contribution in [3.63, 3.8) is 0 Å². The molecule has 0 bridgehead atoms. The molecule has 1 N–H and O–H groups in total. The van der Waals surface area contributed by atoms with E-state index in [9.17, 15) is 0 Å². The summed E-state index contributed by atoms with van der Waals surface area (Å²) in [7, 11) is 0. The third-order valence-electron chi connectivity index (χ3n) is 3.66. The topological polar surface area (TPSA) is 12.0 Å². The highest BCUT2D eigenvalue weighted by Gasteiger charge is 2.09. The molecule has 0 aliphatic heterocycles. The van der Waals surface area contributed by atoms with Gasteiger partial charge in [0.2, 0.25) is 0 Å². The molecule has 102 valence electrons. The molecule has 0 radical (unpaired) electrons. The van der Waals surface area contributed by atoms with Gasteiger partial charge in [0.1, 0.15) is 0 Å². The summed E-state index contributed by atoms with van der Waals surface area (Å²) in [5.74, 6) is 0. The van der Waals surface area contributed by atoms with Crippen LogP contribution >= 0.6 is 11.3 Å². The molecule has 3 rings (SSSR count). The first-order valence-corrected chi connectivity index (χ1v) is 7.99. The molecule has 0 fully saturated rings. The Morgan fingerprint density at radius 2 is 1.85 bits per heavy atom. The molecule has 0 saturated carbocycles. The van der Waals surface area contributed by atoms with E-state index in [1.54, 1.807) is 0 Å². The lowest BCUT2D eigenvalue weighted by atomic mass is 10.1. The van der Waals surface area contributed by atoms with Crippen molar-refractivity contribution in [2.45, 2.75) is 25.9 Å². The Morgan fingerprint density at radius 1 is 1.00 bits per heavy atom. The minimum atomic E-state index is 0.460. The van der Waals surface area contributed by atoms with E-state index in [-0.39, 0.29) is 0 Å². The Morgan fingerprint density at radius 3 is 2.60 bits per heavy atom. The van der Waals surface area contributed by atoms with Crippen LogP contribution in [0.15, 0.2) is 60.0 Å². The second-order valence-electron chi connectivity index (χ2n) is 5.04. The van der Waals surface area contributed by atoms with Crippen LogP contribution in [0.5, 0.6) is 0 Å². The van der Waals surface area contributed by atoms with Gasteiger partial charge in [0.25, 0.3) is 0 Å². The van der Waals surface area contributed by atoms with Crippen LogP contribution < -0.4 is 5.32 Å². The van der Waals surface area contributed by atoms with Crippen LogP contribution in [0.25, 0.3) is 10.8 Å². The lowest BCUT2D eigenvalue weighted by Crippen LogP contribution is -2.19. The summed E-state index contributed by atoms with van der Waals surface area (Å²) in [6.45, 7) is 3.15. The largest absolute Gasteiger partial charge is 0.305 e. The third kappa shape index (κ3) is 2.92. The van der Waals surface area contributed by atoms with Gasteiger partial charge in [-0.15, -0.1) is 11.3 Å². The highest BCUT2D eigenvalue weighted by Crippen LogP contribution is 2.22. The maximum atomic E-state index is 3.66. The molecule has 0 amide bonds. The normalized spacial score (nSPS) is 12.7. The quantitative estimate of drug-likeness (QED) is 0.682. The Balaban J connectivity index is 1.73. The fraction of sp³-hybridized carbons (Fsp3) is 0.222. The van der Waals surface area contributed by atoms with E-state index >= 15 is 0 Å². The number of benzene rings is 2. The van der Waals surface area contributed by atoms with Crippen molar-refractivity contribution in [2.75, 3.05) is 0 Å². The predicted molar refractivity (Wildman–Crippen MR) is 88.1 cm³/mol. The molecule has 1 atom stereocenters. The molecule has 2 heteroatoms. The Bertz CT molecular complexity index is 673. The van der Waals surface area contributed by atoms with Crippen molar-refractivity contribution in [1.29, 1.82) is 0 Å². The summed E-state index contributed by atoms with van der Waals surface area (Å²) >= 11 is 1.83. The molecule has 1 aromatic heterocycles. The summed E-state index contributed by atoms with van der Waals surface area (Å²) in [6.07, 6.45) is 1.12. The van der Waals surface area contributed by atoms with Crippen LogP contribution in [-0.4, -0.2) is 0 Å². The monoisotopic (exact) mass is 281 g/mol. The Hall–Kier alpha value is -1.64. The van der Waals surface area contributed by atoms with Crippen LogP contribution in [-0.2, 0) is 6.54 Å². The highest BCUT2D eigenvalue weighted by atomic mass is 32.1. The van der Waals surface area contributed by atoms with Crippen LogP contribution in [0.4, 0.5) is 0 Å². The van der Waals surface area contributed by atoms with Crippen molar-refractivity contribution in [1.82, 2.24) is 5.32 Å². The minimum absolute atomic E-state index is 0.460. The molecular formula is C18H19NS. The van der Waals surface area contributed by atoms with Gasteiger partial charge in [-0.05, 0) is 40.3 Å². The molecule has 0 spiro atoms. The van der Waals surface area contributed by atoms with Gasteiger partial charge in [-0.3, -0.25) is 0 Å². The number of thiophene rings is 1. The highest BCUT2D eigenvalue weighted by molar-refractivity contribution is 7.10. The molecule has 1 nitrogen and oxygen atoms in total. The van der Waals surface area contributed by atoms with Crippen LogP contribution in [0.2, 0.25) is 0 Å². The second-order valence-corrected chi connectivity index (χ2v) is 6.02. The first-order valence-electron chi connectivity index (χ1n) is 7.11. The lowest BCUT2D eigenvalue weighted by Gasteiger charge is -2.15. The maximum Gasteiger partial charge on any atom is 0.0414 e. The van der Waals surface area contributed by atoms with Crippen LogP contribution in [0.3, 0.4) is 0 Å². The molecule has 1 heterocycles. The molecule has 3 aromatic rings. The van der Waals surface area contributed by atoms with Gasteiger partial charge in [-0.2, -0.15) is 0 Å². The third-order valence-corrected chi connectivity index (χ3v) is 4.65. The van der Waals surface area contributed by atoms with Crippen molar-refractivity contribution in [3.05, 3.63) is 70.4 Å². The SMILES string of the molecule is CCC(NCc1ccc2ccccc2c1)c1cccs1. The van der Waals surface area contributed by atoms with Crippen LogP contribution in [0, 0.1) is 0 Å². The molecule has 0 aliphatic rings. The van der Waals surface area contributed by atoms with Crippen molar-refractivity contribution >= 4 is 22.1 Å². The van der Waals surface area contributed by atoms with Gasteiger partial charge in [0.05, 0.1) is 0 Å². The number of hydrogen-bond donors (Lipinski definition) is 1. The zero-order valence-electron chi connectivity index (χ0n) is 11.7. The van der Waals surface area contributed by atoms with Crippen molar-refractivity contribution in [3.8, 4) is 0 Å². The molecule has 1 unspecified atom stereocenters. The fourth-order valence-electron chi connectivity index (χ4n) is 2.53. The van der Waals surface area contributed by atoms with E-state index in [1.165, 1.54) is 21.2 Å². The van der Waals surface area contributed by atoms with Crippen molar-refractivity contribution < 1.29 is 0 Å². The first kappa shape index (κ1) is 13.3. The van der Waals surface area contributed by atoms with Crippen LogP contribution in [0.1, 0.15) is 29.8 Å². The Kier molecular flexibility index (Phi) is 4.14. The summed E-state index contributed by atoms with van der Waals surface area (Å²) in [4.78, 5) is 1.42. The van der Waals surface area contributed by atoms with Crippen molar-refractivity contribution in [2.24, 2.45) is 0 Å². The fourth-order valence-corrected chi connectivity index (χ4v) is 3.41. The van der Waals surface area contributed by atoms with E-state index < -0.39 is 0 Å². The first-order chi connectivity index (χ1) is 9.86. The van der Waals surface area contributed by atoms with Gasteiger partial charge in [0.15, 0.2) is 0 Å². The number of fused-ring (bicyclic) bond motifs is 1. The summed E-state index contributed by atoms with van der Waals surface area (Å²) in [5.41, 5.74) is 1.35. The lowest BCUT2D eigenvalue weighted by molar-refractivity contribution is 0.527. The average molecular weight is 281 g/mol. The number of hydrogen-bond acceptors (Lipinski definition) is 2. The van der Waals surface area contributed by atoms with E-state index in [4.69, 9.17) is 0 Å². The van der Waals surface area contributed by atoms with Gasteiger partial charge in [-0.1, -0.05) is 49.4 Å². The van der Waals surface area contributed by atoms with E-state index in [0.717, 1.165) is 13.0 Å². The minimum Gasteiger partial charge on any atom is -0.305 e. The number of rotatable bonds is 5. The zero-order chi connectivity index (χ0) is 13.8. The van der Waals surface area contributed by atoms with Gasteiger partial charge >= 0.3 is 0 Å². The molecular weight excluding hydrogens is 262 g/mol.